The number of nitrogens with two attached hydrogens (primary N) is 1. The van der Waals surface area contributed by atoms with Gasteiger partial charge in [-0.05, 0) is 110 Å². The highest BCUT2D eigenvalue weighted by atomic mass is 33.1. The molecule has 0 atom stereocenters. The number of thiol groups is 1. The summed E-state index contributed by atoms with van der Waals surface area (Å²) in [6, 6.07) is 3.01. The van der Waals surface area contributed by atoms with Crippen molar-refractivity contribution in [2.45, 2.75) is 70.2 Å². The van der Waals surface area contributed by atoms with Crippen LogP contribution < -0.4 is 5.73 Å². The van der Waals surface area contributed by atoms with Gasteiger partial charge in [-0.1, -0.05) is 55.5 Å². The SMILES string of the molecule is C=C(CC)CCCS.C=C(CC)CCCSC.C=C1CCCS1.CN.CSSc1ncccc1[N+](=O)[O-]. The molecule has 2 heterocycles. The normalized spacial score (nSPS) is 11.3. The Morgan fingerprint density at radius 1 is 1.19 bits per heavy atom. The maximum atomic E-state index is 10.4. The van der Waals surface area contributed by atoms with Crippen molar-refractivity contribution in [2.75, 3.05) is 36.8 Å². The number of rotatable bonds is 12. The third-order valence-electron chi connectivity index (χ3n) is 4.58. The summed E-state index contributed by atoms with van der Waals surface area (Å²) in [5.74, 6) is 3.57. The number of nitrogens with zero attached hydrogens (tertiary/aromatic N) is 2. The molecule has 0 amide bonds. The van der Waals surface area contributed by atoms with Crippen LogP contribution >= 0.6 is 57.7 Å². The van der Waals surface area contributed by atoms with E-state index >= 15 is 0 Å². The Morgan fingerprint density at radius 2 is 1.78 bits per heavy atom. The van der Waals surface area contributed by atoms with Crippen LogP contribution in [0.5, 0.6) is 0 Å². The third kappa shape index (κ3) is 28.3. The van der Waals surface area contributed by atoms with Crippen molar-refractivity contribution in [1.82, 2.24) is 4.98 Å². The Morgan fingerprint density at radius 3 is 2.16 bits per heavy atom. The van der Waals surface area contributed by atoms with Gasteiger partial charge in [0.2, 0.25) is 0 Å². The fourth-order valence-corrected chi connectivity index (χ4v) is 5.18. The molecule has 214 valence electrons. The molecule has 10 heteroatoms. The molecule has 0 unspecified atom stereocenters. The summed E-state index contributed by atoms with van der Waals surface area (Å²) >= 11 is 7.91. The van der Waals surface area contributed by atoms with Gasteiger partial charge in [0.15, 0.2) is 5.03 Å². The minimum atomic E-state index is -0.425. The van der Waals surface area contributed by atoms with Gasteiger partial charge in [0.25, 0.3) is 0 Å². The number of hydrogen-bond acceptors (Lipinski definition) is 9. The molecule has 0 aromatic carbocycles. The van der Waals surface area contributed by atoms with Crippen LogP contribution in [0.1, 0.15) is 65.2 Å². The lowest BCUT2D eigenvalue weighted by Crippen LogP contribution is -1.91. The van der Waals surface area contributed by atoms with Crippen molar-refractivity contribution >= 4 is 63.4 Å². The van der Waals surface area contributed by atoms with Gasteiger partial charge in [-0.2, -0.15) is 24.4 Å². The van der Waals surface area contributed by atoms with Crippen molar-refractivity contribution in [3.63, 3.8) is 0 Å². The first-order chi connectivity index (χ1) is 17.8. The predicted octanol–water partition coefficient (Wildman–Crippen LogP) is 9.72. The Labute approximate surface area is 249 Å². The number of thioether (sulfide) groups is 2. The fourth-order valence-electron chi connectivity index (χ4n) is 2.37. The fraction of sp³-hybridized carbons (Fsp3) is 0.593. The standard InChI is InChI=1S/C8H16S.C7H14S.C6H6N2O2S2.C5H8S.CH5N/c1-4-8(2)6-5-7-9-3;1-3-7(2)5-4-6-8;1-11-12-6-5(8(9)10)3-2-4-7-6;1-5-3-2-4-6-5;1-2/h2,4-7H2,1,3H3;8H,2-6H2,1H3;2-4H,1H3;1-4H2;2H2,1H3. The summed E-state index contributed by atoms with van der Waals surface area (Å²) in [6.07, 6.45) is 15.3. The highest BCUT2D eigenvalue weighted by Crippen LogP contribution is 2.33. The van der Waals surface area contributed by atoms with E-state index in [9.17, 15) is 10.1 Å². The molecular formula is C27H49N3O2S5. The largest absolute Gasteiger partial charge is 0.333 e. The number of hydrogen-bond donors (Lipinski definition) is 2. The van der Waals surface area contributed by atoms with E-state index in [1.165, 1.54) is 94.4 Å². The molecule has 1 aromatic heterocycles. The van der Waals surface area contributed by atoms with Crippen LogP contribution in [0.3, 0.4) is 0 Å². The second kappa shape index (κ2) is 31.7. The van der Waals surface area contributed by atoms with Crippen LogP contribution in [0.4, 0.5) is 5.69 Å². The maximum absolute atomic E-state index is 10.4. The molecule has 37 heavy (non-hydrogen) atoms. The van der Waals surface area contributed by atoms with Gasteiger partial charge in [-0.15, -0.1) is 11.8 Å². The average molecular weight is 608 g/mol. The van der Waals surface area contributed by atoms with Gasteiger partial charge in [-0.3, -0.25) is 10.1 Å². The molecule has 5 nitrogen and oxygen atoms in total. The van der Waals surface area contributed by atoms with Crippen molar-refractivity contribution in [2.24, 2.45) is 5.73 Å². The van der Waals surface area contributed by atoms with Gasteiger partial charge in [0.1, 0.15) is 0 Å². The number of allylic oxidation sites excluding steroid dienone is 3. The van der Waals surface area contributed by atoms with Crippen molar-refractivity contribution in [3.8, 4) is 0 Å². The zero-order valence-corrected chi connectivity index (χ0v) is 27.7. The molecule has 0 spiro atoms. The molecule has 1 aliphatic rings. The highest BCUT2D eigenvalue weighted by molar-refractivity contribution is 8.76. The zero-order valence-electron chi connectivity index (χ0n) is 23.5. The van der Waals surface area contributed by atoms with E-state index in [4.69, 9.17) is 0 Å². The average Bonchev–Trinajstić information content (AvgIpc) is 3.40. The van der Waals surface area contributed by atoms with Gasteiger partial charge >= 0.3 is 5.69 Å². The highest BCUT2D eigenvalue weighted by Gasteiger charge is 2.13. The first-order valence-electron chi connectivity index (χ1n) is 12.4. The Bertz CT molecular complexity index is 726. The summed E-state index contributed by atoms with van der Waals surface area (Å²) < 4.78 is 0. The molecule has 1 fully saturated rings. The van der Waals surface area contributed by atoms with E-state index in [-0.39, 0.29) is 5.69 Å². The Kier molecular flexibility index (Phi) is 35.1. The lowest BCUT2D eigenvalue weighted by Gasteiger charge is -1.98. The van der Waals surface area contributed by atoms with E-state index < -0.39 is 4.92 Å². The first kappa shape index (κ1) is 41.0. The Hall–Kier alpha value is -0.520. The minimum Gasteiger partial charge on any atom is -0.333 e. The number of nitro groups is 1. The molecule has 0 aliphatic carbocycles. The molecular weight excluding hydrogens is 559 g/mol. The second-order valence-electron chi connectivity index (χ2n) is 7.46. The summed E-state index contributed by atoms with van der Waals surface area (Å²) in [4.78, 5) is 15.3. The second-order valence-corrected chi connectivity index (χ2v) is 12.5. The van der Waals surface area contributed by atoms with Crippen molar-refractivity contribution in [3.05, 3.63) is 64.2 Å². The lowest BCUT2D eigenvalue weighted by atomic mass is 10.1. The predicted molar refractivity (Wildman–Crippen MR) is 181 cm³/mol. The van der Waals surface area contributed by atoms with Crippen LogP contribution in [0.2, 0.25) is 0 Å². The van der Waals surface area contributed by atoms with Gasteiger partial charge in [-0.25, -0.2) is 4.98 Å². The minimum absolute atomic E-state index is 0.0665. The molecule has 0 radical (unpaired) electrons. The van der Waals surface area contributed by atoms with Crippen LogP contribution in [0, 0.1) is 10.1 Å². The smallest absolute Gasteiger partial charge is 0.302 e. The molecule has 1 aromatic rings. The summed E-state index contributed by atoms with van der Waals surface area (Å²) in [6.45, 7) is 15.9. The Balaban J connectivity index is -0.000000418. The molecule has 2 N–H and O–H groups in total. The first-order valence-corrected chi connectivity index (χ1v) is 18.0. The topological polar surface area (TPSA) is 82.0 Å². The number of pyridine rings is 1. The quantitative estimate of drug-likeness (QED) is 0.0607. The van der Waals surface area contributed by atoms with Crippen LogP contribution in [-0.2, 0) is 0 Å². The summed E-state index contributed by atoms with van der Waals surface area (Å²) in [5, 5.41) is 10.9. The molecule has 2 rings (SSSR count). The molecule has 0 saturated carbocycles. The number of aromatic nitrogens is 1. The third-order valence-corrected chi connectivity index (χ3v) is 8.31. The van der Waals surface area contributed by atoms with Gasteiger partial charge < -0.3 is 5.73 Å². The molecule has 1 aliphatic heterocycles. The van der Waals surface area contributed by atoms with E-state index in [1.807, 2.05) is 29.8 Å². The summed E-state index contributed by atoms with van der Waals surface area (Å²) in [5.41, 5.74) is 7.31. The van der Waals surface area contributed by atoms with Crippen molar-refractivity contribution in [1.29, 1.82) is 0 Å². The lowest BCUT2D eigenvalue weighted by molar-refractivity contribution is -0.388. The van der Waals surface area contributed by atoms with E-state index in [2.05, 4.69) is 63.2 Å². The van der Waals surface area contributed by atoms with Crippen LogP contribution in [-0.4, -0.2) is 46.7 Å². The van der Waals surface area contributed by atoms with Gasteiger partial charge in [0.05, 0.1) is 4.92 Å². The zero-order chi connectivity index (χ0) is 28.9. The van der Waals surface area contributed by atoms with Crippen LogP contribution in [0.15, 0.2) is 59.1 Å². The maximum Gasteiger partial charge on any atom is 0.302 e. The monoisotopic (exact) mass is 607 g/mol. The van der Waals surface area contributed by atoms with Crippen molar-refractivity contribution < 1.29 is 4.92 Å². The van der Waals surface area contributed by atoms with E-state index in [0.29, 0.717) is 5.03 Å². The molecule has 1 saturated heterocycles. The van der Waals surface area contributed by atoms with Gasteiger partial charge in [0, 0.05) is 12.3 Å². The molecule has 0 bridgehead atoms. The van der Waals surface area contributed by atoms with E-state index in [1.54, 1.807) is 12.3 Å². The van der Waals surface area contributed by atoms with Crippen LogP contribution in [0.25, 0.3) is 0 Å². The summed E-state index contributed by atoms with van der Waals surface area (Å²) in [7, 11) is 4.23. The van der Waals surface area contributed by atoms with E-state index in [0.717, 1.165) is 25.0 Å².